The van der Waals surface area contributed by atoms with E-state index in [9.17, 15) is 10.1 Å². The molecule has 4 rings (SSSR count). The van der Waals surface area contributed by atoms with E-state index >= 15 is 0 Å². The van der Waals surface area contributed by atoms with Gasteiger partial charge in [-0.1, -0.05) is 64.1 Å². The van der Waals surface area contributed by atoms with Crippen molar-refractivity contribution in [3.05, 3.63) is 100 Å². The second-order valence-corrected chi connectivity index (χ2v) is 8.55. The summed E-state index contributed by atoms with van der Waals surface area (Å²) < 4.78 is 2.68. The second-order valence-electron chi connectivity index (χ2n) is 6.55. The predicted octanol–water partition coefficient (Wildman–Crippen LogP) is 5.36. The highest BCUT2D eigenvalue weighted by molar-refractivity contribution is 9.10. The van der Waals surface area contributed by atoms with E-state index in [1.54, 1.807) is 29.2 Å². The molecule has 1 aromatic heterocycles. The Morgan fingerprint density at radius 3 is 2.52 bits per heavy atom. The van der Waals surface area contributed by atoms with Crippen LogP contribution in [0.5, 0.6) is 0 Å². The van der Waals surface area contributed by atoms with E-state index in [1.807, 2.05) is 54.6 Å². The summed E-state index contributed by atoms with van der Waals surface area (Å²) in [5, 5.41) is 16.4. The lowest BCUT2D eigenvalue weighted by molar-refractivity contribution is 0.102. The van der Waals surface area contributed by atoms with Gasteiger partial charge in [0, 0.05) is 14.3 Å². The molecule has 0 atom stereocenters. The van der Waals surface area contributed by atoms with Crippen molar-refractivity contribution in [2.24, 2.45) is 0 Å². The Kier molecular flexibility index (Phi) is 6.46. The Balaban J connectivity index is 1.49. The molecule has 1 heterocycles. The number of hydrogen-bond donors (Lipinski definition) is 1. The molecule has 3 aromatic carbocycles. The lowest BCUT2D eigenvalue weighted by atomic mass is 10.2. The molecule has 0 saturated carbocycles. The molecule has 1 N–H and O–H groups in total. The minimum absolute atomic E-state index is 0.235. The van der Waals surface area contributed by atoms with Gasteiger partial charge in [0.15, 0.2) is 0 Å². The Hall–Kier alpha value is -3.41. The number of hydrogen-bond acceptors (Lipinski definition) is 5. The van der Waals surface area contributed by atoms with E-state index < -0.39 is 0 Å². The van der Waals surface area contributed by atoms with Gasteiger partial charge in [0.2, 0.25) is 5.95 Å². The highest BCUT2D eigenvalue weighted by atomic mass is 79.9. The zero-order chi connectivity index (χ0) is 21.6. The number of amides is 1. The minimum Gasteiger partial charge on any atom is -0.289 e. The molecule has 0 bridgehead atoms. The molecule has 0 aliphatic carbocycles. The van der Waals surface area contributed by atoms with Crippen LogP contribution in [-0.4, -0.2) is 20.7 Å². The van der Waals surface area contributed by atoms with Crippen molar-refractivity contribution in [3.8, 4) is 6.07 Å². The maximum absolute atomic E-state index is 12.9. The first-order valence-electron chi connectivity index (χ1n) is 9.33. The van der Waals surface area contributed by atoms with Crippen molar-refractivity contribution in [1.29, 1.82) is 5.26 Å². The first-order valence-corrected chi connectivity index (χ1v) is 10.9. The number of halogens is 1. The number of nitrogens with one attached hydrogen (secondary N) is 1. The minimum atomic E-state index is -0.307. The highest BCUT2D eigenvalue weighted by Crippen LogP contribution is 2.32. The Labute approximate surface area is 192 Å². The molecule has 0 aliphatic rings. The molecule has 0 aliphatic heterocycles. The van der Waals surface area contributed by atoms with Crippen molar-refractivity contribution >= 4 is 39.5 Å². The van der Waals surface area contributed by atoms with E-state index in [1.165, 1.54) is 11.8 Å². The normalized spacial score (nSPS) is 10.5. The molecular formula is C23H16BrN5OS. The first-order chi connectivity index (χ1) is 15.1. The maximum Gasteiger partial charge on any atom is 0.259 e. The molecule has 0 fully saturated rings. The van der Waals surface area contributed by atoms with E-state index in [-0.39, 0.29) is 11.9 Å². The van der Waals surface area contributed by atoms with E-state index in [2.05, 4.69) is 37.4 Å². The van der Waals surface area contributed by atoms with Gasteiger partial charge < -0.3 is 0 Å². The fourth-order valence-electron chi connectivity index (χ4n) is 2.88. The quantitative estimate of drug-likeness (QED) is 0.393. The fraction of sp³-hybridized carbons (Fsp3) is 0.0435. The van der Waals surface area contributed by atoms with Gasteiger partial charge in [-0.25, -0.2) is 9.67 Å². The van der Waals surface area contributed by atoms with Crippen molar-refractivity contribution < 1.29 is 4.79 Å². The number of rotatable bonds is 6. The average Bonchev–Trinajstić information content (AvgIpc) is 3.22. The molecular weight excluding hydrogens is 474 g/mol. The summed E-state index contributed by atoms with van der Waals surface area (Å²) in [4.78, 5) is 18.6. The van der Waals surface area contributed by atoms with Crippen molar-refractivity contribution in [3.63, 3.8) is 0 Å². The molecule has 0 unspecified atom stereocenters. The number of anilines is 1. The highest BCUT2D eigenvalue weighted by Gasteiger charge is 2.15. The summed E-state index contributed by atoms with van der Waals surface area (Å²) in [5.74, 6) is -0.0710. The number of nitriles is 1. The monoisotopic (exact) mass is 489 g/mol. The number of carbonyl (C=O) groups is 1. The van der Waals surface area contributed by atoms with E-state index in [0.29, 0.717) is 17.7 Å². The van der Waals surface area contributed by atoms with Crippen LogP contribution in [0.4, 0.5) is 5.95 Å². The van der Waals surface area contributed by atoms with Gasteiger partial charge in [0.25, 0.3) is 5.91 Å². The molecule has 152 valence electrons. The summed E-state index contributed by atoms with van der Waals surface area (Å²) in [6.45, 7) is 0.549. The van der Waals surface area contributed by atoms with Crippen molar-refractivity contribution in [2.45, 2.75) is 16.3 Å². The van der Waals surface area contributed by atoms with Crippen LogP contribution in [0.3, 0.4) is 0 Å². The molecule has 0 saturated heterocycles. The molecule has 0 spiro atoms. The average molecular weight is 490 g/mol. The Morgan fingerprint density at radius 1 is 1.03 bits per heavy atom. The largest absolute Gasteiger partial charge is 0.289 e. The summed E-state index contributed by atoms with van der Waals surface area (Å²) in [7, 11) is 0. The second kappa shape index (κ2) is 9.60. The van der Waals surface area contributed by atoms with Gasteiger partial charge in [-0.3, -0.25) is 10.1 Å². The van der Waals surface area contributed by atoms with Crippen LogP contribution >= 0.6 is 27.7 Å². The van der Waals surface area contributed by atoms with Crippen LogP contribution in [0.15, 0.2) is 93.4 Å². The summed E-state index contributed by atoms with van der Waals surface area (Å²) in [5.41, 5.74) is 2.13. The molecule has 31 heavy (non-hydrogen) atoms. The fourth-order valence-corrected chi connectivity index (χ4v) is 4.17. The number of aromatic nitrogens is 3. The lowest BCUT2D eigenvalue weighted by Gasteiger charge is -2.09. The van der Waals surface area contributed by atoms with E-state index in [4.69, 9.17) is 0 Å². The van der Waals surface area contributed by atoms with Crippen LogP contribution < -0.4 is 5.32 Å². The third kappa shape index (κ3) is 5.20. The van der Waals surface area contributed by atoms with E-state index in [0.717, 1.165) is 19.8 Å². The number of nitrogens with zero attached hydrogens (tertiary/aromatic N) is 4. The predicted molar refractivity (Wildman–Crippen MR) is 123 cm³/mol. The Bertz CT molecular complexity index is 1260. The number of carbonyl (C=O) groups excluding carboxylic acids is 1. The SMILES string of the molecule is N#Cc1ccccc1Sc1ccccc1C(=O)Nc1ncn(Cc2ccc(Br)cc2)n1. The summed E-state index contributed by atoms with van der Waals surface area (Å²) in [6.07, 6.45) is 1.58. The van der Waals surface area contributed by atoms with Crippen molar-refractivity contribution in [1.82, 2.24) is 14.8 Å². The molecule has 4 aromatic rings. The van der Waals surface area contributed by atoms with Crippen LogP contribution in [-0.2, 0) is 6.54 Å². The van der Waals surface area contributed by atoms with Gasteiger partial charge >= 0.3 is 0 Å². The zero-order valence-electron chi connectivity index (χ0n) is 16.2. The molecule has 0 radical (unpaired) electrons. The van der Waals surface area contributed by atoms with Crippen LogP contribution in [0.25, 0.3) is 0 Å². The summed E-state index contributed by atoms with van der Waals surface area (Å²) >= 11 is 4.80. The van der Waals surface area contributed by atoms with Gasteiger partial charge in [-0.15, -0.1) is 5.10 Å². The standard InChI is InChI=1S/C23H16BrN5OS/c24-18-11-9-16(10-12-18)14-29-15-26-23(28-29)27-22(30)19-6-2-4-8-21(19)31-20-7-3-1-5-17(20)13-25/h1-12,15H,14H2,(H,27,28,30). The number of benzene rings is 3. The smallest absolute Gasteiger partial charge is 0.259 e. The van der Waals surface area contributed by atoms with Gasteiger partial charge in [0.05, 0.1) is 17.7 Å². The van der Waals surface area contributed by atoms with Crippen LogP contribution in [0.1, 0.15) is 21.5 Å². The topological polar surface area (TPSA) is 83.6 Å². The molecule has 8 heteroatoms. The maximum atomic E-state index is 12.9. The van der Waals surface area contributed by atoms with Crippen LogP contribution in [0.2, 0.25) is 0 Å². The molecule has 1 amide bonds. The van der Waals surface area contributed by atoms with Gasteiger partial charge in [-0.05, 0) is 42.0 Å². The first kappa shape index (κ1) is 20.8. The van der Waals surface area contributed by atoms with Crippen molar-refractivity contribution in [2.75, 3.05) is 5.32 Å². The lowest BCUT2D eigenvalue weighted by Crippen LogP contribution is -2.14. The van der Waals surface area contributed by atoms with Gasteiger partial charge in [0.1, 0.15) is 12.4 Å². The third-order valence-electron chi connectivity index (χ3n) is 4.38. The summed E-state index contributed by atoms with van der Waals surface area (Å²) in [6, 6.07) is 24.7. The van der Waals surface area contributed by atoms with Crippen LogP contribution in [0, 0.1) is 11.3 Å². The van der Waals surface area contributed by atoms with Gasteiger partial charge in [-0.2, -0.15) is 5.26 Å². The molecule has 6 nitrogen and oxygen atoms in total. The third-order valence-corrected chi connectivity index (χ3v) is 6.06. The zero-order valence-corrected chi connectivity index (χ0v) is 18.6. The Morgan fingerprint density at radius 2 is 1.74 bits per heavy atom.